The number of halogens is 1. The van der Waals surface area contributed by atoms with Gasteiger partial charge in [-0.15, -0.1) is 24.0 Å². The van der Waals surface area contributed by atoms with Crippen molar-refractivity contribution in [2.75, 3.05) is 6.54 Å². The molecule has 0 saturated carbocycles. The van der Waals surface area contributed by atoms with E-state index in [2.05, 4.69) is 77.4 Å². The largest absolute Gasteiger partial charge is 0.487 e. The summed E-state index contributed by atoms with van der Waals surface area (Å²) < 4.78 is 8.23. The third kappa shape index (κ3) is 6.25. The summed E-state index contributed by atoms with van der Waals surface area (Å²) in [6, 6.07) is 17.0. The second-order valence-electron chi connectivity index (χ2n) is 8.55. The Bertz CT molecular complexity index is 1020. The highest BCUT2D eigenvalue weighted by Crippen LogP contribution is 2.39. The second kappa shape index (κ2) is 10.8. The minimum atomic E-state index is -0.228. The van der Waals surface area contributed by atoms with Crippen molar-refractivity contribution < 1.29 is 4.74 Å². The Kier molecular flexibility index (Phi) is 8.17. The molecule has 170 valence electrons. The SMILES string of the molecule is CCNC(=NCc1ccc(Cn2ccnc2)cc1)NC1CC(C)(C)Oc2ccccc21.I. The van der Waals surface area contributed by atoms with Gasteiger partial charge in [0.2, 0.25) is 0 Å². The van der Waals surface area contributed by atoms with E-state index in [9.17, 15) is 0 Å². The van der Waals surface area contributed by atoms with Crippen LogP contribution in [-0.2, 0) is 13.1 Å². The standard InChI is InChI=1S/C25H31N5O.HI/c1-4-27-24(29-22-15-25(2,3)31-23-8-6-5-7-21(22)23)28-16-19-9-11-20(12-10-19)17-30-14-13-26-18-30;/h5-14,18,22H,4,15-17H2,1-3H3,(H2,27,28,29);1H. The van der Waals surface area contributed by atoms with Gasteiger partial charge in [-0.2, -0.15) is 0 Å². The van der Waals surface area contributed by atoms with Gasteiger partial charge < -0.3 is 19.9 Å². The Morgan fingerprint density at radius 2 is 1.91 bits per heavy atom. The van der Waals surface area contributed by atoms with E-state index in [0.717, 1.165) is 31.2 Å². The molecular formula is C25H32IN5O. The van der Waals surface area contributed by atoms with E-state index in [-0.39, 0.29) is 35.6 Å². The van der Waals surface area contributed by atoms with Gasteiger partial charge in [0.1, 0.15) is 11.4 Å². The highest BCUT2D eigenvalue weighted by Gasteiger charge is 2.33. The fourth-order valence-electron chi connectivity index (χ4n) is 3.93. The fraction of sp³-hybridized carbons (Fsp3) is 0.360. The molecule has 1 aromatic heterocycles. The van der Waals surface area contributed by atoms with Gasteiger partial charge >= 0.3 is 0 Å². The summed E-state index contributed by atoms with van der Waals surface area (Å²) in [6.45, 7) is 8.61. The number of ether oxygens (including phenoxy) is 1. The lowest BCUT2D eigenvalue weighted by Crippen LogP contribution is -2.45. The van der Waals surface area contributed by atoms with Crippen molar-refractivity contribution >= 4 is 29.9 Å². The predicted molar refractivity (Wildman–Crippen MR) is 140 cm³/mol. The molecule has 4 rings (SSSR count). The molecule has 32 heavy (non-hydrogen) atoms. The van der Waals surface area contributed by atoms with E-state index >= 15 is 0 Å². The van der Waals surface area contributed by atoms with Crippen molar-refractivity contribution in [3.63, 3.8) is 0 Å². The Morgan fingerprint density at radius 3 is 2.62 bits per heavy atom. The quantitative estimate of drug-likeness (QED) is 0.263. The summed E-state index contributed by atoms with van der Waals surface area (Å²) in [5, 5.41) is 7.02. The zero-order chi connectivity index (χ0) is 21.7. The number of benzene rings is 2. The van der Waals surface area contributed by atoms with E-state index in [1.807, 2.05) is 24.7 Å². The molecule has 2 aromatic carbocycles. The van der Waals surface area contributed by atoms with E-state index in [0.29, 0.717) is 6.54 Å². The van der Waals surface area contributed by atoms with E-state index in [1.165, 1.54) is 16.7 Å². The fourth-order valence-corrected chi connectivity index (χ4v) is 3.93. The smallest absolute Gasteiger partial charge is 0.192 e. The Morgan fingerprint density at radius 1 is 1.16 bits per heavy atom. The molecule has 6 nitrogen and oxygen atoms in total. The molecule has 1 atom stereocenters. The molecule has 0 bridgehead atoms. The summed E-state index contributed by atoms with van der Waals surface area (Å²) in [4.78, 5) is 8.94. The molecule has 0 aliphatic carbocycles. The first kappa shape index (κ1) is 24.1. The normalized spacial score (nSPS) is 17.0. The van der Waals surface area contributed by atoms with Crippen molar-refractivity contribution in [1.29, 1.82) is 0 Å². The highest BCUT2D eigenvalue weighted by molar-refractivity contribution is 14.0. The monoisotopic (exact) mass is 545 g/mol. The lowest BCUT2D eigenvalue weighted by atomic mass is 9.90. The summed E-state index contributed by atoms with van der Waals surface area (Å²) in [5.41, 5.74) is 3.38. The van der Waals surface area contributed by atoms with Crippen LogP contribution in [0.15, 0.2) is 72.2 Å². The average Bonchev–Trinajstić information content (AvgIpc) is 3.25. The van der Waals surface area contributed by atoms with Gasteiger partial charge in [-0.1, -0.05) is 42.5 Å². The van der Waals surface area contributed by atoms with Crippen LogP contribution in [0.25, 0.3) is 0 Å². The molecule has 3 aromatic rings. The molecule has 0 amide bonds. The molecule has 0 fully saturated rings. The highest BCUT2D eigenvalue weighted by atomic mass is 127. The minimum absolute atomic E-state index is 0. The molecule has 1 aliphatic heterocycles. The molecule has 2 heterocycles. The van der Waals surface area contributed by atoms with Gasteiger partial charge in [-0.3, -0.25) is 0 Å². The third-order valence-corrected chi connectivity index (χ3v) is 5.40. The van der Waals surface area contributed by atoms with Crippen molar-refractivity contribution in [1.82, 2.24) is 20.2 Å². The molecular weight excluding hydrogens is 513 g/mol. The molecule has 0 radical (unpaired) electrons. The van der Waals surface area contributed by atoms with Crippen molar-refractivity contribution in [3.05, 3.63) is 83.9 Å². The first-order chi connectivity index (χ1) is 15.0. The van der Waals surface area contributed by atoms with Gasteiger partial charge in [0.05, 0.1) is 18.9 Å². The number of nitrogens with zero attached hydrogens (tertiary/aromatic N) is 3. The van der Waals surface area contributed by atoms with Crippen molar-refractivity contribution in [3.8, 4) is 5.75 Å². The molecule has 1 aliphatic rings. The number of fused-ring (bicyclic) bond motifs is 1. The lowest BCUT2D eigenvalue weighted by Gasteiger charge is -2.38. The average molecular weight is 545 g/mol. The predicted octanol–water partition coefficient (Wildman–Crippen LogP) is 4.91. The number of nitrogens with one attached hydrogen (secondary N) is 2. The molecule has 2 N–H and O–H groups in total. The van der Waals surface area contributed by atoms with Gasteiger partial charge in [-0.25, -0.2) is 9.98 Å². The Hall–Kier alpha value is -2.55. The molecule has 0 saturated heterocycles. The molecule has 0 spiro atoms. The summed E-state index contributed by atoms with van der Waals surface area (Å²) >= 11 is 0. The number of para-hydroxylation sites is 1. The Labute approximate surface area is 207 Å². The van der Waals surface area contributed by atoms with Crippen LogP contribution in [0.4, 0.5) is 0 Å². The van der Waals surface area contributed by atoms with Crippen LogP contribution in [0.1, 0.15) is 49.9 Å². The number of rotatable bonds is 6. The number of aromatic nitrogens is 2. The first-order valence-corrected chi connectivity index (χ1v) is 10.9. The topological polar surface area (TPSA) is 63.5 Å². The second-order valence-corrected chi connectivity index (χ2v) is 8.55. The van der Waals surface area contributed by atoms with Crippen LogP contribution < -0.4 is 15.4 Å². The number of imidazole rings is 1. The first-order valence-electron chi connectivity index (χ1n) is 10.9. The van der Waals surface area contributed by atoms with Crippen LogP contribution in [0.2, 0.25) is 0 Å². The van der Waals surface area contributed by atoms with E-state index < -0.39 is 0 Å². The zero-order valence-corrected chi connectivity index (χ0v) is 21.2. The molecule has 1 unspecified atom stereocenters. The van der Waals surface area contributed by atoms with Crippen molar-refractivity contribution in [2.45, 2.75) is 51.9 Å². The Balaban J connectivity index is 0.00000289. The number of aliphatic imine (C=N–C) groups is 1. The maximum Gasteiger partial charge on any atom is 0.192 e. The van der Waals surface area contributed by atoms with E-state index in [4.69, 9.17) is 9.73 Å². The number of hydrogen-bond acceptors (Lipinski definition) is 3. The number of hydrogen-bond donors (Lipinski definition) is 2. The molecule has 7 heteroatoms. The summed E-state index contributed by atoms with van der Waals surface area (Å²) in [5.74, 6) is 1.77. The maximum atomic E-state index is 6.16. The zero-order valence-electron chi connectivity index (χ0n) is 18.9. The number of guanidine groups is 1. The van der Waals surface area contributed by atoms with Gasteiger partial charge in [0.25, 0.3) is 0 Å². The van der Waals surface area contributed by atoms with Crippen LogP contribution in [0, 0.1) is 0 Å². The maximum absolute atomic E-state index is 6.16. The summed E-state index contributed by atoms with van der Waals surface area (Å²) in [7, 11) is 0. The summed E-state index contributed by atoms with van der Waals surface area (Å²) in [6.07, 6.45) is 6.48. The van der Waals surface area contributed by atoms with Crippen LogP contribution in [0.3, 0.4) is 0 Å². The van der Waals surface area contributed by atoms with E-state index in [1.54, 1.807) is 6.20 Å². The van der Waals surface area contributed by atoms with Gasteiger partial charge in [0.15, 0.2) is 5.96 Å². The van der Waals surface area contributed by atoms with Crippen LogP contribution >= 0.6 is 24.0 Å². The van der Waals surface area contributed by atoms with Crippen LogP contribution in [0.5, 0.6) is 5.75 Å². The minimum Gasteiger partial charge on any atom is -0.487 e. The van der Waals surface area contributed by atoms with Gasteiger partial charge in [-0.05, 0) is 38.0 Å². The van der Waals surface area contributed by atoms with Crippen molar-refractivity contribution in [2.24, 2.45) is 4.99 Å². The lowest BCUT2D eigenvalue weighted by molar-refractivity contribution is 0.0694. The van der Waals surface area contributed by atoms with Gasteiger partial charge in [0, 0.05) is 37.5 Å². The third-order valence-electron chi connectivity index (χ3n) is 5.40. The van der Waals surface area contributed by atoms with Crippen LogP contribution in [-0.4, -0.2) is 27.7 Å².